The monoisotopic (exact) mass is 1320 g/mol. The maximum Gasteiger partial charge on any atom is 0.419 e. The fraction of sp³-hybridized carbons (Fsp3) is 0.421. The molecular formula is C57H44F20N12O3. The summed E-state index contributed by atoms with van der Waals surface area (Å²) in [5, 5.41) is 10.1. The summed E-state index contributed by atoms with van der Waals surface area (Å²) < 4.78 is 286. The van der Waals surface area contributed by atoms with E-state index in [0.29, 0.717) is 36.4 Å². The largest absolute Gasteiger partial charge is 0.419 e. The first kappa shape index (κ1) is 64.8. The second-order valence-electron chi connectivity index (χ2n) is 23.6. The van der Waals surface area contributed by atoms with Crippen LogP contribution in [0.15, 0.2) is 75.0 Å². The SMILES string of the molecule is Cc1nc2c(c(CC(F)(F)F)nn2C(c2ccc(C(F)(F)F)c(F)c2)C2(C)CC2Cc2nc3c(c(CC(F)(F)F)nn3C(c3ccc(C(F)(F)F)c(F)c3)C3(C)CC3Cc3nc4c(c(CC(F)(F)F)nn4C(C)c4ccc(C(F)(F)F)cc4)c(=O)[nH]3)c(=O)[nH]2)c(=O)[nH]1. The van der Waals surface area contributed by atoms with Gasteiger partial charge in [-0.25, -0.2) is 37.8 Å². The Labute approximate surface area is 500 Å². The Morgan fingerprint density at radius 2 is 0.837 bits per heavy atom. The number of fused-ring (bicyclic) bond motifs is 3. The quantitative estimate of drug-likeness (QED) is 0.0838. The number of hydrogen-bond acceptors (Lipinski definition) is 9. The van der Waals surface area contributed by atoms with E-state index in [9.17, 15) is 93.4 Å². The van der Waals surface area contributed by atoms with Crippen LogP contribution in [0.2, 0.25) is 0 Å². The number of benzene rings is 3. The number of aromatic amines is 3. The van der Waals surface area contributed by atoms with Crippen molar-refractivity contribution in [1.82, 2.24) is 59.2 Å². The van der Waals surface area contributed by atoms with Crippen LogP contribution in [-0.2, 0) is 50.6 Å². The fourth-order valence-electron chi connectivity index (χ4n) is 12.6. The highest BCUT2D eigenvalue weighted by Crippen LogP contribution is 2.64. The van der Waals surface area contributed by atoms with Crippen LogP contribution in [0.3, 0.4) is 0 Å². The van der Waals surface area contributed by atoms with Crippen molar-refractivity contribution in [1.29, 1.82) is 0 Å². The van der Waals surface area contributed by atoms with Gasteiger partial charge in [0.1, 0.15) is 45.3 Å². The van der Waals surface area contributed by atoms with Crippen LogP contribution in [0.5, 0.6) is 0 Å². The topological polar surface area (TPSA) is 191 Å². The van der Waals surface area contributed by atoms with E-state index < -0.39 is 217 Å². The lowest BCUT2D eigenvalue weighted by molar-refractivity contribution is -0.140. The van der Waals surface area contributed by atoms with Gasteiger partial charge in [-0.3, -0.25) is 14.4 Å². The standard InChI is InChI=1S/C57H44F20N12O3/c1-22(24-5-9-27(10-6-24)55(69,70)71)87-45-40(34(84-87)19-52(60,61)62)48(91)82-37(80-45)15-28-18-51(28,4)43(26-8-12-31(33(59)14-26)57(75,76)77)89-46-41(36(86-89)21-54(66,67)68)49(92)83-38(81-46)16-29-17-50(29,3)42(25-7-11-30(32(58)13-25)56(72,73)74)88-44-39(47(90)79-23(2)78-44)35(85-88)20-53(63,64)65/h5-14,22,28-29,42-43H,15-21H2,1-4H3,(H,78,79,90)(H,80,82,91)(H,81,83,92). The Bertz CT molecular complexity index is 4590. The van der Waals surface area contributed by atoms with Crippen molar-refractivity contribution in [2.45, 2.75) is 128 Å². The van der Waals surface area contributed by atoms with Crippen molar-refractivity contribution in [3.05, 3.63) is 171 Å². The molecule has 2 aliphatic rings. The summed E-state index contributed by atoms with van der Waals surface area (Å²) in [4.78, 5) is 61.8. The Morgan fingerprint density at radius 1 is 0.489 bits per heavy atom. The average Bonchev–Trinajstić information content (AvgIpc) is 1.56. The van der Waals surface area contributed by atoms with Gasteiger partial charge in [0.2, 0.25) is 0 Å². The van der Waals surface area contributed by atoms with Crippen molar-refractivity contribution in [3.8, 4) is 0 Å². The third-order valence-electron chi connectivity index (χ3n) is 17.1. The van der Waals surface area contributed by atoms with E-state index in [4.69, 9.17) is 0 Å². The van der Waals surface area contributed by atoms with Gasteiger partial charge in [0.05, 0.1) is 71.2 Å². The number of hydrogen-bond donors (Lipinski definition) is 3. The van der Waals surface area contributed by atoms with E-state index in [1.807, 2.05) is 0 Å². The van der Waals surface area contributed by atoms with Crippen LogP contribution in [0.1, 0.15) is 120 Å². The summed E-state index contributed by atoms with van der Waals surface area (Å²) in [7, 11) is 0. The minimum absolute atomic E-state index is 0.0685. The molecule has 0 radical (unpaired) electrons. The molecule has 15 nitrogen and oxygen atoms in total. The van der Waals surface area contributed by atoms with Crippen LogP contribution in [0.25, 0.3) is 33.1 Å². The number of aryl methyl sites for hydroxylation is 1. The molecule has 2 saturated carbocycles. The number of nitrogens with one attached hydrogen (secondary N) is 3. The second-order valence-corrected chi connectivity index (χ2v) is 23.6. The van der Waals surface area contributed by atoms with Crippen molar-refractivity contribution < 1.29 is 87.8 Å². The Balaban J connectivity index is 1.02. The number of H-pyrrole nitrogens is 3. The number of aromatic nitrogens is 12. The Morgan fingerprint density at radius 3 is 1.20 bits per heavy atom. The zero-order valence-electron chi connectivity index (χ0n) is 47.4. The number of rotatable bonds is 15. The lowest BCUT2D eigenvalue weighted by Gasteiger charge is -2.28. The molecule has 9 aromatic rings. The molecule has 490 valence electrons. The number of alkyl halides is 18. The molecule has 92 heavy (non-hydrogen) atoms. The van der Waals surface area contributed by atoms with E-state index in [1.165, 1.54) is 27.7 Å². The molecule has 7 atom stereocenters. The van der Waals surface area contributed by atoms with Crippen LogP contribution >= 0.6 is 0 Å². The molecular weight excluding hydrogens is 1280 g/mol. The van der Waals surface area contributed by atoms with E-state index in [2.05, 4.69) is 45.2 Å². The van der Waals surface area contributed by atoms with Crippen molar-refractivity contribution in [2.75, 3.05) is 0 Å². The number of nitrogens with zero attached hydrogens (tertiary/aromatic N) is 9. The van der Waals surface area contributed by atoms with Crippen LogP contribution in [-0.4, -0.2) is 77.8 Å². The Kier molecular flexibility index (Phi) is 15.3. The van der Waals surface area contributed by atoms with Crippen molar-refractivity contribution in [2.24, 2.45) is 22.7 Å². The molecule has 6 aromatic heterocycles. The van der Waals surface area contributed by atoms with Crippen LogP contribution in [0.4, 0.5) is 87.8 Å². The third kappa shape index (κ3) is 12.3. The molecule has 11 rings (SSSR count). The molecule has 0 saturated heterocycles. The normalized spacial score (nSPS) is 20.2. The first-order valence-corrected chi connectivity index (χ1v) is 27.5. The molecule has 7 unspecified atom stereocenters. The summed E-state index contributed by atoms with van der Waals surface area (Å²) in [6.07, 6.45) is -37.2. The van der Waals surface area contributed by atoms with Crippen LogP contribution < -0.4 is 16.7 Å². The van der Waals surface area contributed by atoms with Gasteiger partial charge in [-0.15, -0.1) is 0 Å². The molecule has 2 aliphatic carbocycles. The predicted molar refractivity (Wildman–Crippen MR) is 283 cm³/mol. The van der Waals surface area contributed by atoms with Gasteiger partial charge in [0, 0.05) is 12.8 Å². The van der Waals surface area contributed by atoms with E-state index in [-0.39, 0.29) is 35.6 Å². The summed E-state index contributed by atoms with van der Waals surface area (Å²) in [6.45, 7) is 5.44. The van der Waals surface area contributed by atoms with Crippen molar-refractivity contribution in [3.63, 3.8) is 0 Å². The maximum absolute atomic E-state index is 15.9. The van der Waals surface area contributed by atoms with Gasteiger partial charge < -0.3 is 15.0 Å². The predicted octanol–water partition coefficient (Wildman–Crippen LogP) is 13.3. The highest BCUT2D eigenvalue weighted by atomic mass is 19.4. The lowest BCUT2D eigenvalue weighted by Crippen LogP contribution is -2.26. The highest BCUT2D eigenvalue weighted by molar-refractivity contribution is 5.80. The zero-order chi connectivity index (χ0) is 67.3. The molecule has 3 N–H and O–H groups in total. The average molecular weight is 1330 g/mol. The molecule has 3 aromatic carbocycles. The van der Waals surface area contributed by atoms with Crippen molar-refractivity contribution >= 4 is 33.1 Å². The summed E-state index contributed by atoms with van der Waals surface area (Å²) in [5.74, 6) is -6.44. The molecule has 2 fully saturated rings. The zero-order valence-corrected chi connectivity index (χ0v) is 47.4. The molecule has 35 heteroatoms. The summed E-state index contributed by atoms with van der Waals surface area (Å²) in [6, 6.07) is 2.08. The van der Waals surface area contributed by atoms with Gasteiger partial charge in [-0.2, -0.15) is 94.3 Å². The van der Waals surface area contributed by atoms with E-state index >= 15 is 8.78 Å². The molecule has 0 spiro atoms. The maximum atomic E-state index is 15.9. The van der Waals surface area contributed by atoms with Gasteiger partial charge in [0.15, 0.2) is 16.9 Å². The van der Waals surface area contributed by atoms with Gasteiger partial charge in [0.25, 0.3) is 16.7 Å². The minimum Gasteiger partial charge on any atom is -0.310 e. The fourth-order valence-corrected chi connectivity index (χ4v) is 12.6. The smallest absolute Gasteiger partial charge is 0.310 e. The Hall–Kier alpha value is -8.69. The first-order chi connectivity index (χ1) is 42.4. The second kappa shape index (κ2) is 21.7. The van der Waals surface area contributed by atoms with Gasteiger partial charge >= 0.3 is 37.1 Å². The number of halogens is 20. The molecule has 6 heterocycles. The van der Waals surface area contributed by atoms with Crippen LogP contribution in [0, 0.1) is 41.2 Å². The molecule has 0 bridgehead atoms. The molecule has 0 amide bonds. The van der Waals surface area contributed by atoms with Gasteiger partial charge in [-0.1, -0.05) is 38.1 Å². The van der Waals surface area contributed by atoms with E-state index in [0.717, 1.165) is 38.3 Å². The molecule has 0 aliphatic heterocycles. The minimum atomic E-state index is -5.31. The lowest BCUT2D eigenvalue weighted by atomic mass is 9.88. The highest BCUT2D eigenvalue weighted by Gasteiger charge is 2.59. The summed E-state index contributed by atoms with van der Waals surface area (Å²) in [5.41, 5.74) is -16.3. The first-order valence-electron chi connectivity index (χ1n) is 27.5. The van der Waals surface area contributed by atoms with E-state index in [1.54, 1.807) is 0 Å². The third-order valence-corrected chi connectivity index (χ3v) is 17.1. The van der Waals surface area contributed by atoms with Gasteiger partial charge in [-0.05, 0) is 102 Å². The summed E-state index contributed by atoms with van der Waals surface area (Å²) >= 11 is 0.